The highest BCUT2D eigenvalue weighted by atomic mass is 16.5. The van der Waals surface area contributed by atoms with E-state index >= 15 is 0 Å². The number of rotatable bonds is 8. The van der Waals surface area contributed by atoms with Gasteiger partial charge in [-0.3, -0.25) is 9.48 Å². The molecular formula is C25H26N4O5. The van der Waals surface area contributed by atoms with Crippen LogP contribution in [0, 0.1) is 0 Å². The van der Waals surface area contributed by atoms with Gasteiger partial charge in [-0.05, 0) is 28.7 Å². The van der Waals surface area contributed by atoms with E-state index in [0.717, 1.165) is 22.3 Å². The van der Waals surface area contributed by atoms with Crippen LogP contribution >= 0.6 is 0 Å². The molecule has 0 bridgehead atoms. The van der Waals surface area contributed by atoms with E-state index in [1.165, 1.54) is 10.9 Å². The van der Waals surface area contributed by atoms with Gasteiger partial charge in [0.05, 0.1) is 24.0 Å². The van der Waals surface area contributed by atoms with Gasteiger partial charge in [-0.25, -0.2) is 9.59 Å². The van der Waals surface area contributed by atoms with Crippen molar-refractivity contribution in [2.45, 2.75) is 31.8 Å². The molecule has 1 aromatic heterocycles. The zero-order chi connectivity index (χ0) is 24.2. The Morgan fingerprint density at radius 1 is 1.09 bits per heavy atom. The van der Waals surface area contributed by atoms with E-state index in [2.05, 4.69) is 27.9 Å². The number of carboxylic acid groups (broad SMARTS) is 1. The maximum atomic E-state index is 12.6. The van der Waals surface area contributed by atoms with E-state index in [1.54, 1.807) is 14.0 Å². The Morgan fingerprint density at radius 2 is 1.71 bits per heavy atom. The van der Waals surface area contributed by atoms with Crippen molar-refractivity contribution in [3.05, 3.63) is 77.1 Å². The van der Waals surface area contributed by atoms with E-state index in [4.69, 9.17) is 4.74 Å². The van der Waals surface area contributed by atoms with Gasteiger partial charge < -0.3 is 20.5 Å². The molecule has 0 unspecified atom stereocenters. The number of carbonyl (C=O) groups excluding carboxylic acids is 2. The fraction of sp³-hybridized carbons (Fsp3) is 0.280. The lowest BCUT2D eigenvalue weighted by Crippen LogP contribution is -2.40. The monoisotopic (exact) mass is 462 g/mol. The van der Waals surface area contributed by atoms with E-state index in [-0.39, 0.29) is 31.1 Å². The van der Waals surface area contributed by atoms with Crippen LogP contribution in [0.5, 0.6) is 0 Å². The van der Waals surface area contributed by atoms with Crippen molar-refractivity contribution < 1.29 is 24.2 Å². The number of carboxylic acids is 1. The highest BCUT2D eigenvalue weighted by Gasteiger charge is 2.29. The summed E-state index contributed by atoms with van der Waals surface area (Å²) in [5, 5.41) is 18.4. The van der Waals surface area contributed by atoms with Gasteiger partial charge in [0.25, 0.3) is 5.91 Å². The van der Waals surface area contributed by atoms with E-state index < -0.39 is 24.0 Å². The van der Waals surface area contributed by atoms with Gasteiger partial charge in [0, 0.05) is 13.0 Å². The molecule has 2 amide bonds. The maximum absolute atomic E-state index is 12.6. The van der Waals surface area contributed by atoms with E-state index in [9.17, 15) is 19.5 Å². The number of nitrogens with zero attached hydrogens (tertiary/aromatic N) is 2. The van der Waals surface area contributed by atoms with Gasteiger partial charge >= 0.3 is 12.1 Å². The standard InChI is InChI=1S/C25H26N4O5/c1-3-21(24(31)32)28-23(30)19-12-27-29(2)22(19)13-26-25(33)34-14-20-17-10-6-4-8-15(17)16-9-5-7-11-18(16)20/h4-12,20-21H,3,13-14H2,1-2H3,(H,26,33)(H,28,30)(H,31,32)/t21-/m0/s1. The molecule has 1 atom stereocenters. The number of aryl methyl sites for hydroxylation is 1. The fourth-order valence-electron chi connectivity index (χ4n) is 4.24. The lowest BCUT2D eigenvalue weighted by atomic mass is 9.98. The van der Waals surface area contributed by atoms with Gasteiger partial charge in [0.15, 0.2) is 0 Å². The van der Waals surface area contributed by atoms with Crippen LogP contribution in [0.15, 0.2) is 54.7 Å². The van der Waals surface area contributed by atoms with Crippen molar-refractivity contribution in [1.29, 1.82) is 0 Å². The summed E-state index contributed by atoms with van der Waals surface area (Å²) in [4.78, 5) is 36.3. The Balaban J connectivity index is 1.39. The number of nitrogens with one attached hydrogen (secondary N) is 2. The molecule has 2 aromatic carbocycles. The molecule has 1 aliphatic rings. The maximum Gasteiger partial charge on any atom is 0.407 e. The minimum absolute atomic E-state index is 0.000208. The van der Waals surface area contributed by atoms with Crippen LogP contribution in [0.1, 0.15) is 46.4 Å². The molecule has 3 N–H and O–H groups in total. The lowest BCUT2D eigenvalue weighted by Gasteiger charge is -2.15. The van der Waals surface area contributed by atoms with Crippen molar-refractivity contribution in [3.63, 3.8) is 0 Å². The molecule has 0 fully saturated rings. The molecule has 9 nitrogen and oxygen atoms in total. The largest absolute Gasteiger partial charge is 0.480 e. The van der Waals surface area contributed by atoms with E-state index in [0.29, 0.717) is 5.69 Å². The summed E-state index contributed by atoms with van der Waals surface area (Å²) in [6, 6.07) is 15.1. The number of alkyl carbamates (subject to hydrolysis) is 1. The Kier molecular flexibility index (Phi) is 6.62. The predicted molar refractivity (Wildman–Crippen MR) is 124 cm³/mol. The molecule has 0 radical (unpaired) electrons. The highest BCUT2D eigenvalue weighted by Crippen LogP contribution is 2.44. The molecule has 34 heavy (non-hydrogen) atoms. The SMILES string of the molecule is CC[C@H](NC(=O)c1cnn(C)c1CNC(=O)OCC1c2ccccc2-c2ccccc21)C(=O)O. The van der Waals surface area contributed by atoms with Crippen LogP contribution < -0.4 is 10.6 Å². The van der Waals surface area contributed by atoms with Crippen LogP contribution in [0.4, 0.5) is 4.79 Å². The number of amides is 2. The van der Waals surface area contributed by atoms with Gasteiger partial charge in [0.1, 0.15) is 12.6 Å². The summed E-state index contributed by atoms with van der Waals surface area (Å²) in [7, 11) is 1.64. The minimum atomic E-state index is -1.11. The number of benzene rings is 2. The predicted octanol–water partition coefficient (Wildman–Crippen LogP) is 3.05. The minimum Gasteiger partial charge on any atom is -0.480 e. The molecule has 3 aromatic rings. The molecule has 176 valence electrons. The second-order valence-corrected chi connectivity index (χ2v) is 8.08. The van der Waals surface area contributed by atoms with Crippen LogP contribution in [-0.2, 0) is 23.1 Å². The van der Waals surface area contributed by atoms with Gasteiger partial charge in [-0.1, -0.05) is 55.5 Å². The summed E-state index contributed by atoms with van der Waals surface area (Å²) < 4.78 is 6.99. The zero-order valence-electron chi connectivity index (χ0n) is 18.9. The van der Waals surface area contributed by atoms with E-state index in [1.807, 2.05) is 36.4 Å². The fourth-order valence-corrected chi connectivity index (χ4v) is 4.24. The highest BCUT2D eigenvalue weighted by molar-refractivity contribution is 5.97. The smallest absolute Gasteiger partial charge is 0.407 e. The van der Waals surface area contributed by atoms with Crippen molar-refractivity contribution in [2.75, 3.05) is 6.61 Å². The number of fused-ring (bicyclic) bond motifs is 3. The van der Waals surface area contributed by atoms with Crippen LogP contribution in [-0.4, -0.2) is 45.5 Å². The molecule has 1 aliphatic carbocycles. The normalized spacial score (nSPS) is 13.0. The third-order valence-electron chi connectivity index (χ3n) is 6.06. The number of carbonyl (C=O) groups is 3. The average Bonchev–Trinajstić information content (AvgIpc) is 3.37. The Bertz CT molecular complexity index is 1190. The first kappa shape index (κ1) is 23.0. The molecule has 0 saturated carbocycles. The number of ether oxygens (including phenoxy) is 1. The quantitative estimate of drug-likeness (QED) is 0.473. The van der Waals surface area contributed by atoms with Crippen LogP contribution in [0.3, 0.4) is 0 Å². The second kappa shape index (κ2) is 9.78. The molecular weight excluding hydrogens is 436 g/mol. The van der Waals surface area contributed by atoms with Gasteiger partial charge in [-0.15, -0.1) is 0 Å². The van der Waals surface area contributed by atoms with Crippen molar-refractivity contribution in [3.8, 4) is 11.1 Å². The first-order valence-corrected chi connectivity index (χ1v) is 11.0. The lowest BCUT2D eigenvalue weighted by molar-refractivity contribution is -0.139. The topological polar surface area (TPSA) is 123 Å². The van der Waals surface area contributed by atoms with Crippen molar-refractivity contribution in [1.82, 2.24) is 20.4 Å². The summed E-state index contributed by atoms with van der Waals surface area (Å²) in [6.45, 7) is 1.84. The summed E-state index contributed by atoms with van der Waals surface area (Å²) in [6.07, 6.45) is 0.972. The second-order valence-electron chi connectivity index (χ2n) is 8.08. The van der Waals surface area contributed by atoms with Gasteiger partial charge in [-0.2, -0.15) is 5.10 Å². The van der Waals surface area contributed by atoms with Gasteiger partial charge in [0.2, 0.25) is 0 Å². The number of hydrogen-bond donors (Lipinski definition) is 3. The molecule has 0 spiro atoms. The van der Waals surface area contributed by atoms with Crippen molar-refractivity contribution >= 4 is 18.0 Å². The molecule has 4 rings (SSSR count). The molecule has 0 aliphatic heterocycles. The molecule has 9 heteroatoms. The number of aliphatic carboxylic acids is 1. The zero-order valence-corrected chi connectivity index (χ0v) is 18.9. The Morgan fingerprint density at radius 3 is 2.29 bits per heavy atom. The third-order valence-corrected chi connectivity index (χ3v) is 6.06. The van der Waals surface area contributed by atoms with Crippen molar-refractivity contribution in [2.24, 2.45) is 7.05 Å². The summed E-state index contributed by atoms with van der Waals surface area (Å²) in [5.74, 6) is -1.73. The third kappa shape index (κ3) is 4.50. The molecule has 1 heterocycles. The average molecular weight is 463 g/mol. The first-order chi connectivity index (χ1) is 16.4. The number of aromatic nitrogens is 2. The molecule has 0 saturated heterocycles. The Hall–Kier alpha value is -4.14. The first-order valence-electron chi connectivity index (χ1n) is 11.0. The summed E-state index contributed by atoms with van der Waals surface area (Å²) >= 11 is 0. The van der Waals surface area contributed by atoms with Crippen LogP contribution in [0.25, 0.3) is 11.1 Å². The summed E-state index contributed by atoms with van der Waals surface area (Å²) in [5.41, 5.74) is 5.15. The number of hydrogen-bond acceptors (Lipinski definition) is 5. The van der Waals surface area contributed by atoms with Crippen LogP contribution in [0.2, 0.25) is 0 Å². The Labute approximate surface area is 196 Å².